The van der Waals surface area contributed by atoms with E-state index >= 15 is 0 Å². The zero-order chi connectivity index (χ0) is 33.8. The first-order valence-electron chi connectivity index (χ1n) is 15.5. The Labute approximate surface area is 282 Å². The van der Waals surface area contributed by atoms with E-state index in [0.29, 0.717) is 49.2 Å². The maximum Gasteiger partial charge on any atom is 0.315 e. The van der Waals surface area contributed by atoms with E-state index < -0.39 is 11.8 Å². The molecule has 0 aliphatic carbocycles. The van der Waals surface area contributed by atoms with Gasteiger partial charge in [-0.05, 0) is 55.4 Å². The standard InChI is InChI=1S/C30H41N9O6S2/c1-2-23(40)31-16-26(43)38-11-13-39(14-12-38)27(44)17-32-25(42)15-33-30(46)35-20-9-7-19(8-10-20)34-24(41)6-4-3-5-22-28-21(18-47-22)36-29(45)37-28/h2,7-10,21-22,28H,1,3-6,11-18H2,(H,31,40)(H,32,42)(H,34,41)(H2,33,35,46)(H2,36,37,45)/t21-,22-,28-/m0/s1. The van der Waals surface area contributed by atoms with E-state index in [2.05, 4.69) is 43.8 Å². The Morgan fingerprint density at radius 3 is 2.11 bits per heavy atom. The van der Waals surface area contributed by atoms with Crippen molar-refractivity contribution >= 4 is 76.0 Å². The molecule has 0 unspecified atom stereocenters. The number of hydrogen-bond donors (Lipinski definition) is 7. The predicted octanol–water partition coefficient (Wildman–Crippen LogP) is -0.273. The maximum absolute atomic E-state index is 12.5. The molecular weight excluding hydrogens is 647 g/mol. The normalized spacial score (nSPS) is 19.8. The summed E-state index contributed by atoms with van der Waals surface area (Å²) in [5.74, 6) is -0.496. The Morgan fingerprint density at radius 1 is 0.851 bits per heavy atom. The third-order valence-corrected chi connectivity index (χ3v) is 9.69. The lowest BCUT2D eigenvalue weighted by Crippen LogP contribution is -2.54. The van der Waals surface area contributed by atoms with Crippen LogP contribution in [0, 0.1) is 0 Å². The minimum absolute atomic E-state index is 0.0660. The third kappa shape index (κ3) is 11.1. The van der Waals surface area contributed by atoms with E-state index in [9.17, 15) is 28.8 Å². The van der Waals surface area contributed by atoms with Gasteiger partial charge in [0.1, 0.15) is 0 Å². The van der Waals surface area contributed by atoms with Crippen molar-refractivity contribution in [3.05, 3.63) is 36.9 Å². The molecule has 0 bridgehead atoms. The molecular formula is C30H41N9O6S2. The smallest absolute Gasteiger partial charge is 0.315 e. The molecule has 1 aromatic rings. The summed E-state index contributed by atoms with van der Waals surface area (Å²) in [4.78, 5) is 75.2. The number of piperazine rings is 1. The monoisotopic (exact) mass is 687 g/mol. The molecule has 4 rings (SSSR count). The first kappa shape index (κ1) is 35.5. The van der Waals surface area contributed by atoms with Crippen LogP contribution in [-0.2, 0) is 24.0 Å². The van der Waals surface area contributed by atoms with Crippen LogP contribution >= 0.6 is 24.0 Å². The predicted molar refractivity (Wildman–Crippen MR) is 183 cm³/mol. The Hall–Kier alpha value is -4.38. The number of nitrogens with one attached hydrogen (secondary N) is 7. The summed E-state index contributed by atoms with van der Waals surface area (Å²) in [6.45, 7) is 4.20. The van der Waals surface area contributed by atoms with Crippen LogP contribution < -0.4 is 37.2 Å². The highest BCUT2D eigenvalue weighted by Gasteiger charge is 2.42. The van der Waals surface area contributed by atoms with Crippen molar-refractivity contribution < 1.29 is 28.8 Å². The minimum atomic E-state index is -0.429. The molecule has 47 heavy (non-hydrogen) atoms. The van der Waals surface area contributed by atoms with Crippen molar-refractivity contribution in [1.82, 2.24) is 36.4 Å². The summed E-state index contributed by atoms with van der Waals surface area (Å²) in [7, 11) is 0. The van der Waals surface area contributed by atoms with E-state index in [0.717, 1.165) is 31.1 Å². The molecule has 3 fully saturated rings. The number of benzene rings is 1. The van der Waals surface area contributed by atoms with Crippen molar-refractivity contribution in [3.63, 3.8) is 0 Å². The number of rotatable bonds is 14. The quantitative estimate of drug-likeness (QED) is 0.0593. The van der Waals surface area contributed by atoms with Crippen molar-refractivity contribution in [2.45, 2.75) is 43.0 Å². The topological polar surface area (TPSA) is 193 Å². The second-order valence-corrected chi connectivity index (χ2v) is 12.9. The van der Waals surface area contributed by atoms with Crippen LogP contribution in [0.3, 0.4) is 0 Å². The van der Waals surface area contributed by atoms with Crippen molar-refractivity contribution in [3.8, 4) is 0 Å². The van der Waals surface area contributed by atoms with Gasteiger partial charge < -0.3 is 47.0 Å². The van der Waals surface area contributed by atoms with Gasteiger partial charge in [-0.15, -0.1) is 0 Å². The highest BCUT2D eigenvalue weighted by molar-refractivity contribution is 8.00. The number of anilines is 2. The van der Waals surface area contributed by atoms with Crippen LogP contribution in [0.4, 0.5) is 16.2 Å². The zero-order valence-corrected chi connectivity index (χ0v) is 27.6. The number of urea groups is 1. The number of nitrogens with zero attached hydrogens (tertiary/aromatic N) is 2. The summed E-state index contributed by atoms with van der Waals surface area (Å²) in [5, 5.41) is 20.2. The average molecular weight is 688 g/mol. The molecule has 3 heterocycles. The molecule has 3 aliphatic rings. The molecule has 0 spiro atoms. The highest BCUT2D eigenvalue weighted by atomic mass is 32.2. The average Bonchev–Trinajstić information content (AvgIpc) is 3.63. The van der Waals surface area contributed by atoms with Gasteiger partial charge in [0.15, 0.2) is 5.11 Å². The van der Waals surface area contributed by atoms with Gasteiger partial charge in [0.2, 0.25) is 29.5 Å². The van der Waals surface area contributed by atoms with Gasteiger partial charge in [-0.2, -0.15) is 11.8 Å². The van der Waals surface area contributed by atoms with Crippen LogP contribution in [0.25, 0.3) is 0 Å². The fourth-order valence-corrected chi connectivity index (χ4v) is 7.10. The van der Waals surface area contributed by atoms with Crippen LogP contribution in [0.1, 0.15) is 25.7 Å². The molecule has 15 nitrogen and oxygen atoms in total. The molecule has 7 amide bonds. The number of unbranched alkanes of at least 4 members (excludes halogenated alkanes) is 1. The lowest BCUT2D eigenvalue weighted by atomic mass is 10.0. The van der Waals surface area contributed by atoms with Gasteiger partial charge in [0.25, 0.3) is 0 Å². The van der Waals surface area contributed by atoms with Crippen LogP contribution in [0.2, 0.25) is 0 Å². The van der Waals surface area contributed by atoms with Gasteiger partial charge in [-0.1, -0.05) is 13.0 Å². The molecule has 3 aliphatic heterocycles. The minimum Gasteiger partial charge on any atom is -0.353 e. The number of fused-ring (bicyclic) bond motifs is 1. The summed E-state index contributed by atoms with van der Waals surface area (Å²) < 4.78 is 0. The van der Waals surface area contributed by atoms with E-state index in [1.54, 1.807) is 34.1 Å². The number of hydrogen-bond acceptors (Lipinski definition) is 8. The number of amides is 7. The Bertz CT molecular complexity index is 1350. The van der Waals surface area contributed by atoms with Gasteiger partial charge >= 0.3 is 6.03 Å². The summed E-state index contributed by atoms with van der Waals surface area (Å²) >= 11 is 7.13. The molecule has 0 saturated carbocycles. The molecule has 3 atom stereocenters. The Morgan fingerprint density at radius 2 is 1.47 bits per heavy atom. The first-order valence-corrected chi connectivity index (χ1v) is 16.9. The fraction of sp³-hybridized carbons (Fsp3) is 0.500. The van der Waals surface area contributed by atoms with Gasteiger partial charge in [0.05, 0.1) is 31.7 Å². The summed E-state index contributed by atoms with van der Waals surface area (Å²) in [6, 6.07) is 7.31. The first-order chi connectivity index (χ1) is 22.6. The summed E-state index contributed by atoms with van der Waals surface area (Å²) in [5.41, 5.74) is 1.32. The number of thioether (sulfide) groups is 1. The molecule has 7 N–H and O–H groups in total. The highest BCUT2D eigenvalue weighted by Crippen LogP contribution is 2.33. The Kier molecular flexibility index (Phi) is 13.2. The lowest BCUT2D eigenvalue weighted by molar-refractivity contribution is -0.139. The van der Waals surface area contributed by atoms with Crippen molar-refractivity contribution in [1.29, 1.82) is 0 Å². The van der Waals surface area contributed by atoms with Crippen LogP contribution in [0.5, 0.6) is 0 Å². The SMILES string of the molecule is C=CC(=O)NCC(=O)N1CCN(C(=O)CNC(=O)CNC(=S)Nc2ccc(NC(=O)CCCC[C@@H]3SC[C@@H]4NC(=O)N[C@@H]43)cc2)CC1. The van der Waals surface area contributed by atoms with Crippen molar-refractivity contribution in [2.75, 3.05) is 62.2 Å². The second kappa shape index (κ2) is 17.5. The maximum atomic E-state index is 12.5. The van der Waals surface area contributed by atoms with Crippen LogP contribution in [0.15, 0.2) is 36.9 Å². The molecule has 17 heteroatoms. The zero-order valence-electron chi connectivity index (χ0n) is 26.0. The summed E-state index contributed by atoms with van der Waals surface area (Å²) in [6.07, 6.45) is 4.13. The van der Waals surface area contributed by atoms with Gasteiger partial charge in [-0.25, -0.2) is 4.79 Å². The molecule has 3 saturated heterocycles. The largest absolute Gasteiger partial charge is 0.353 e. The molecule has 0 radical (unpaired) electrons. The number of thiocarbonyl (C=S) groups is 1. The van der Waals surface area contributed by atoms with Crippen molar-refractivity contribution in [2.24, 2.45) is 0 Å². The molecule has 254 valence electrons. The Balaban J connectivity index is 1.04. The van der Waals surface area contributed by atoms with E-state index in [1.165, 1.54) is 0 Å². The molecule has 0 aromatic heterocycles. The number of carbonyl (C=O) groups excluding carboxylic acids is 6. The van der Waals surface area contributed by atoms with Crippen LogP contribution in [-0.4, -0.2) is 119 Å². The fourth-order valence-electron chi connectivity index (χ4n) is 5.37. The van der Waals surface area contributed by atoms with E-state index in [1.807, 2.05) is 11.8 Å². The lowest BCUT2D eigenvalue weighted by Gasteiger charge is -2.34. The van der Waals surface area contributed by atoms with Gasteiger partial charge in [0, 0.05) is 55.0 Å². The van der Waals surface area contributed by atoms with Gasteiger partial charge in [-0.3, -0.25) is 24.0 Å². The molecule has 1 aromatic carbocycles. The van der Waals surface area contributed by atoms with E-state index in [4.69, 9.17) is 12.2 Å². The second-order valence-electron chi connectivity index (χ2n) is 11.3. The number of carbonyl (C=O) groups is 6. The van der Waals surface area contributed by atoms with E-state index in [-0.39, 0.29) is 60.6 Å². The third-order valence-electron chi connectivity index (χ3n) is 7.94.